The normalized spacial score (nSPS) is 12.3. The molecule has 0 aliphatic rings. The van der Waals surface area contributed by atoms with Gasteiger partial charge in [-0.2, -0.15) is 0 Å². The Hall–Kier alpha value is -1.97. The average molecular weight is 274 g/mol. The molecule has 0 aliphatic carbocycles. The van der Waals surface area contributed by atoms with Gasteiger partial charge in [0.1, 0.15) is 5.82 Å². The molecule has 3 nitrogen and oxygen atoms in total. The Labute approximate surface area is 118 Å². The van der Waals surface area contributed by atoms with Crippen LogP contribution >= 0.6 is 0 Å². The summed E-state index contributed by atoms with van der Waals surface area (Å²) in [6.07, 6.45) is 1.94. The number of hydrogen-bond donors (Lipinski definition) is 1. The van der Waals surface area contributed by atoms with Gasteiger partial charge in [-0.1, -0.05) is 13.0 Å². The van der Waals surface area contributed by atoms with Gasteiger partial charge in [-0.15, -0.1) is 0 Å². The summed E-state index contributed by atoms with van der Waals surface area (Å²) in [6, 6.07) is 8.41. The van der Waals surface area contributed by atoms with Crippen molar-refractivity contribution in [3.8, 4) is 0 Å². The fourth-order valence-corrected chi connectivity index (χ4v) is 1.97. The Kier molecular flexibility index (Phi) is 4.66. The number of carbonyl (C=O) groups excluding carboxylic acids is 1. The fourth-order valence-electron chi connectivity index (χ4n) is 1.97. The highest BCUT2D eigenvalue weighted by Crippen LogP contribution is 2.14. The number of fused-ring (bicyclic) bond motifs is 1. The second kappa shape index (κ2) is 6.46. The first-order valence-electron chi connectivity index (χ1n) is 6.93. The van der Waals surface area contributed by atoms with Crippen molar-refractivity contribution in [3.63, 3.8) is 0 Å². The molecule has 2 rings (SSSR count). The van der Waals surface area contributed by atoms with Crippen molar-refractivity contribution in [1.29, 1.82) is 0 Å². The lowest BCUT2D eigenvalue weighted by atomic mass is 10.1. The van der Waals surface area contributed by atoms with Crippen LogP contribution in [0.2, 0.25) is 0 Å². The lowest BCUT2D eigenvalue weighted by Crippen LogP contribution is -2.32. The second-order valence-corrected chi connectivity index (χ2v) is 5.02. The largest absolute Gasteiger partial charge is 0.354 e. The quantitative estimate of drug-likeness (QED) is 0.909. The molecule has 1 unspecified atom stereocenters. The van der Waals surface area contributed by atoms with Gasteiger partial charge in [-0.25, -0.2) is 4.39 Å². The SMILES string of the molecule is CCC(C)NC(=O)CCc1ccc2cc(F)ccc2n1. The van der Waals surface area contributed by atoms with Gasteiger partial charge in [0.15, 0.2) is 0 Å². The predicted octanol–water partition coefficient (Wildman–Crippen LogP) is 3.22. The minimum atomic E-state index is -0.264. The van der Waals surface area contributed by atoms with Crippen molar-refractivity contribution >= 4 is 16.8 Å². The second-order valence-electron chi connectivity index (χ2n) is 5.02. The maximum absolute atomic E-state index is 13.1. The minimum absolute atomic E-state index is 0.0420. The number of hydrogen-bond acceptors (Lipinski definition) is 2. The van der Waals surface area contributed by atoms with E-state index in [2.05, 4.69) is 10.3 Å². The molecule has 0 saturated carbocycles. The van der Waals surface area contributed by atoms with Crippen molar-refractivity contribution in [2.45, 2.75) is 39.2 Å². The Bertz CT molecular complexity index is 612. The van der Waals surface area contributed by atoms with Gasteiger partial charge in [0.25, 0.3) is 0 Å². The lowest BCUT2D eigenvalue weighted by molar-refractivity contribution is -0.121. The first-order valence-corrected chi connectivity index (χ1v) is 6.93. The highest BCUT2D eigenvalue weighted by molar-refractivity contribution is 5.79. The molecule has 0 bridgehead atoms. The lowest BCUT2D eigenvalue weighted by Gasteiger charge is -2.11. The van der Waals surface area contributed by atoms with Gasteiger partial charge in [-0.3, -0.25) is 9.78 Å². The molecule has 0 spiro atoms. The van der Waals surface area contributed by atoms with Crippen LogP contribution in [0.3, 0.4) is 0 Å². The van der Waals surface area contributed by atoms with E-state index >= 15 is 0 Å². The standard InChI is InChI=1S/C16H19FN2O/c1-3-11(2)18-16(20)9-7-14-6-4-12-10-13(17)5-8-15(12)19-14/h4-6,8,10-11H,3,7,9H2,1-2H3,(H,18,20). The average Bonchev–Trinajstić information content (AvgIpc) is 2.44. The van der Waals surface area contributed by atoms with Gasteiger partial charge in [-0.05, 0) is 44.0 Å². The molecule has 0 saturated heterocycles. The Morgan fingerprint density at radius 3 is 2.90 bits per heavy atom. The third-order valence-electron chi connectivity index (χ3n) is 3.34. The summed E-state index contributed by atoms with van der Waals surface area (Å²) in [7, 11) is 0. The van der Waals surface area contributed by atoms with Crippen molar-refractivity contribution in [1.82, 2.24) is 10.3 Å². The predicted molar refractivity (Wildman–Crippen MR) is 77.9 cm³/mol. The molecule has 1 heterocycles. The van der Waals surface area contributed by atoms with Crippen LogP contribution in [0.25, 0.3) is 10.9 Å². The van der Waals surface area contributed by atoms with Crippen LogP contribution < -0.4 is 5.32 Å². The number of amides is 1. The smallest absolute Gasteiger partial charge is 0.220 e. The molecule has 4 heteroatoms. The van der Waals surface area contributed by atoms with Gasteiger partial charge < -0.3 is 5.32 Å². The summed E-state index contributed by atoms with van der Waals surface area (Å²) in [5, 5.41) is 3.70. The summed E-state index contributed by atoms with van der Waals surface area (Å²) >= 11 is 0. The molecule has 2 aromatic rings. The molecule has 1 aromatic carbocycles. The van der Waals surface area contributed by atoms with E-state index in [1.54, 1.807) is 6.07 Å². The molecule has 1 N–H and O–H groups in total. The molecule has 0 aliphatic heterocycles. The molecular formula is C16H19FN2O. The maximum Gasteiger partial charge on any atom is 0.220 e. The van der Waals surface area contributed by atoms with Gasteiger partial charge in [0, 0.05) is 23.5 Å². The van der Waals surface area contributed by atoms with Crippen molar-refractivity contribution in [3.05, 3.63) is 41.8 Å². The van der Waals surface area contributed by atoms with Crippen LogP contribution in [0.1, 0.15) is 32.4 Å². The van der Waals surface area contributed by atoms with E-state index in [1.807, 2.05) is 26.0 Å². The maximum atomic E-state index is 13.1. The zero-order chi connectivity index (χ0) is 14.5. The molecule has 20 heavy (non-hydrogen) atoms. The minimum Gasteiger partial charge on any atom is -0.354 e. The number of nitrogens with zero attached hydrogens (tertiary/aromatic N) is 1. The van der Waals surface area contributed by atoms with Crippen LogP contribution in [0.4, 0.5) is 4.39 Å². The van der Waals surface area contributed by atoms with Crippen LogP contribution in [-0.2, 0) is 11.2 Å². The van der Waals surface area contributed by atoms with Gasteiger partial charge in [0.05, 0.1) is 5.52 Å². The van der Waals surface area contributed by atoms with Crippen LogP contribution in [0.5, 0.6) is 0 Å². The van der Waals surface area contributed by atoms with E-state index in [9.17, 15) is 9.18 Å². The van der Waals surface area contributed by atoms with E-state index in [0.29, 0.717) is 12.8 Å². The van der Waals surface area contributed by atoms with E-state index in [1.165, 1.54) is 12.1 Å². The molecule has 0 fully saturated rings. The number of pyridine rings is 1. The number of rotatable bonds is 5. The highest BCUT2D eigenvalue weighted by Gasteiger charge is 2.07. The molecule has 1 atom stereocenters. The Balaban J connectivity index is 2.00. The Morgan fingerprint density at radius 1 is 1.35 bits per heavy atom. The number of nitrogens with one attached hydrogen (secondary N) is 1. The zero-order valence-corrected chi connectivity index (χ0v) is 11.8. The van der Waals surface area contributed by atoms with Crippen LogP contribution in [-0.4, -0.2) is 16.9 Å². The summed E-state index contributed by atoms with van der Waals surface area (Å²) in [5.74, 6) is -0.222. The van der Waals surface area contributed by atoms with Gasteiger partial charge in [0.2, 0.25) is 5.91 Å². The monoisotopic (exact) mass is 274 g/mol. The van der Waals surface area contributed by atoms with Crippen molar-refractivity contribution < 1.29 is 9.18 Å². The van der Waals surface area contributed by atoms with Crippen LogP contribution in [0, 0.1) is 5.82 Å². The van der Waals surface area contributed by atoms with E-state index in [-0.39, 0.29) is 17.8 Å². The number of aromatic nitrogens is 1. The third-order valence-corrected chi connectivity index (χ3v) is 3.34. The molecule has 0 radical (unpaired) electrons. The van der Waals surface area contributed by atoms with Crippen molar-refractivity contribution in [2.75, 3.05) is 0 Å². The first kappa shape index (κ1) is 14.4. The van der Waals surface area contributed by atoms with E-state index in [0.717, 1.165) is 23.0 Å². The number of halogens is 1. The molecule has 1 aromatic heterocycles. The highest BCUT2D eigenvalue weighted by atomic mass is 19.1. The zero-order valence-electron chi connectivity index (χ0n) is 11.8. The number of carbonyl (C=O) groups is 1. The van der Waals surface area contributed by atoms with Crippen LogP contribution in [0.15, 0.2) is 30.3 Å². The Morgan fingerprint density at radius 2 is 2.15 bits per heavy atom. The summed E-state index contributed by atoms with van der Waals surface area (Å²) in [6.45, 7) is 4.02. The van der Waals surface area contributed by atoms with E-state index in [4.69, 9.17) is 0 Å². The summed E-state index contributed by atoms with van der Waals surface area (Å²) in [5.41, 5.74) is 1.61. The van der Waals surface area contributed by atoms with Crippen molar-refractivity contribution in [2.24, 2.45) is 0 Å². The number of aryl methyl sites for hydroxylation is 1. The molecular weight excluding hydrogens is 255 g/mol. The molecule has 1 amide bonds. The first-order chi connectivity index (χ1) is 9.58. The molecule has 106 valence electrons. The summed E-state index contributed by atoms with van der Waals surface area (Å²) < 4.78 is 13.1. The topological polar surface area (TPSA) is 42.0 Å². The number of benzene rings is 1. The summed E-state index contributed by atoms with van der Waals surface area (Å²) in [4.78, 5) is 16.1. The fraction of sp³-hybridized carbons (Fsp3) is 0.375. The third kappa shape index (κ3) is 3.76. The van der Waals surface area contributed by atoms with Gasteiger partial charge >= 0.3 is 0 Å². The van der Waals surface area contributed by atoms with E-state index < -0.39 is 0 Å².